The second-order valence-electron chi connectivity index (χ2n) is 2.94. The second kappa shape index (κ2) is 4.47. The van der Waals surface area contributed by atoms with E-state index in [1.807, 2.05) is 33.0 Å². The Balaban J connectivity index is 0.000000461. The van der Waals surface area contributed by atoms with Gasteiger partial charge in [-0.05, 0) is 31.0 Å². The number of aryl methyl sites for hydroxylation is 1. The minimum Gasteiger partial charge on any atom is -0.278 e. The lowest BCUT2D eigenvalue weighted by Gasteiger charge is -2.02. The van der Waals surface area contributed by atoms with E-state index in [4.69, 9.17) is 11.6 Å². The first-order valence-corrected chi connectivity index (χ1v) is 5.16. The molecule has 0 saturated heterocycles. The van der Waals surface area contributed by atoms with Crippen LogP contribution in [-0.4, -0.2) is 10.2 Å². The smallest absolute Gasteiger partial charge is 0.0668 e. The topological polar surface area (TPSA) is 28.7 Å². The molecule has 1 heterocycles. The Kier molecular flexibility index (Phi) is 3.53. The predicted octanol–water partition coefficient (Wildman–Crippen LogP) is 3.86. The van der Waals surface area contributed by atoms with Gasteiger partial charge >= 0.3 is 0 Å². The molecule has 0 aliphatic carbocycles. The normalized spacial score (nSPS) is 9.79. The van der Waals surface area contributed by atoms with E-state index in [1.54, 1.807) is 0 Å². The van der Waals surface area contributed by atoms with Gasteiger partial charge in [0, 0.05) is 10.4 Å². The van der Waals surface area contributed by atoms with E-state index < -0.39 is 0 Å². The molecule has 14 heavy (non-hydrogen) atoms. The van der Waals surface area contributed by atoms with Crippen LogP contribution in [0.25, 0.3) is 10.9 Å². The Labute approximate surface area is 89.3 Å². The van der Waals surface area contributed by atoms with Crippen LogP contribution in [0.5, 0.6) is 0 Å². The molecule has 1 aromatic heterocycles. The minimum atomic E-state index is 0.796. The molecule has 0 bridgehead atoms. The number of fused-ring (bicyclic) bond motifs is 1. The van der Waals surface area contributed by atoms with Crippen LogP contribution in [0, 0.1) is 13.8 Å². The molecule has 1 aromatic carbocycles. The zero-order valence-electron chi connectivity index (χ0n) is 8.98. The fourth-order valence-electron chi connectivity index (χ4n) is 1.32. The quantitative estimate of drug-likeness (QED) is 0.703. The summed E-state index contributed by atoms with van der Waals surface area (Å²) in [5, 5.41) is 8.80. The molecule has 2 aromatic rings. The van der Waals surface area contributed by atoms with Crippen LogP contribution in [0.2, 0.25) is 5.02 Å². The van der Waals surface area contributed by atoms with Crippen LogP contribution in [0.15, 0.2) is 12.3 Å². The van der Waals surface area contributed by atoms with E-state index in [0.717, 1.165) is 21.5 Å². The molecule has 0 saturated carbocycles. The summed E-state index contributed by atoms with van der Waals surface area (Å²) in [4.78, 5) is 0. The summed E-state index contributed by atoms with van der Waals surface area (Å²) in [6.07, 6.45) is 1.83. The van der Waals surface area contributed by atoms with Gasteiger partial charge in [-0.15, -0.1) is 0 Å². The van der Waals surface area contributed by atoms with Crippen LogP contribution in [-0.2, 0) is 0 Å². The molecule has 0 unspecified atom stereocenters. The molecule has 0 aliphatic rings. The van der Waals surface area contributed by atoms with Crippen molar-refractivity contribution in [1.82, 2.24) is 10.2 Å². The Bertz CT molecular complexity index is 432. The van der Waals surface area contributed by atoms with Gasteiger partial charge in [0.05, 0.1) is 11.7 Å². The maximum Gasteiger partial charge on any atom is 0.0668 e. The van der Waals surface area contributed by atoms with Crippen molar-refractivity contribution in [2.45, 2.75) is 27.7 Å². The summed E-state index contributed by atoms with van der Waals surface area (Å²) in [5.41, 5.74) is 3.33. The molecule has 76 valence electrons. The van der Waals surface area contributed by atoms with Gasteiger partial charge in [0.1, 0.15) is 0 Å². The van der Waals surface area contributed by atoms with Gasteiger partial charge in [-0.1, -0.05) is 25.4 Å². The zero-order chi connectivity index (χ0) is 10.7. The summed E-state index contributed by atoms with van der Waals surface area (Å²) >= 11 is 6.00. The molecule has 0 fully saturated rings. The number of rotatable bonds is 0. The monoisotopic (exact) mass is 210 g/mol. The van der Waals surface area contributed by atoms with Crippen LogP contribution in [0.1, 0.15) is 25.0 Å². The number of hydrogen-bond acceptors (Lipinski definition) is 1. The molecular formula is C11H15ClN2. The molecule has 0 radical (unpaired) electrons. The van der Waals surface area contributed by atoms with Crippen molar-refractivity contribution >= 4 is 22.5 Å². The highest BCUT2D eigenvalue weighted by Gasteiger charge is 2.05. The van der Waals surface area contributed by atoms with Gasteiger partial charge in [-0.3, -0.25) is 5.10 Å². The van der Waals surface area contributed by atoms with Crippen molar-refractivity contribution in [3.8, 4) is 0 Å². The van der Waals surface area contributed by atoms with Crippen molar-refractivity contribution in [2.24, 2.45) is 0 Å². The van der Waals surface area contributed by atoms with E-state index in [2.05, 4.69) is 17.1 Å². The molecular weight excluding hydrogens is 196 g/mol. The van der Waals surface area contributed by atoms with Gasteiger partial charge in [0.2, 0.25) is 0 Å². The first-order chi connectivity index (χ1) is 6.70. The Morgan fingerprint density at radius 2 is 1.86 bits per heavy atom. The highest BCUT2D eigenvalue weighted by atomic mass is 35.5. The molecule has 0 aliphatic heterocycles. The number of aromatic nitrogens is 2. The highest BCUT2D eigenvalue weighted by molar-refractivity contribution is 6.32. The largest absolute Gasteiger partial charge is 0.278 e. The average Bonchev–Trinajstić information content (AvgIpc) is 2.65. The van der Waals surface area contributed by atoms with Gasteiger partial charge in [0.15, 0.2) is 0 Å². The van der Waals surface area contributed by atoms with Crippen molar-refractivity contribution in [3.05, 3.63) is 28.4 Å². The third-order valence-corrected chi connectivity index (χ3v) is 2.66. The SMILES string of the molecule is CC.Cc1c(Cl)cc2[nH]ncc2c1C. The first kappa shape index (κ1) is 11.1. The maximum atomic E-state index is 6.00. The summed E-state index contributed by atoms with van der Waals surface area (Å²) in [6, 6.07) is 1.91. The lowest BCUT2D eigenvalue weighted by atomic mass is 10.1. The Morgan fingerprint density at radius 3 is 2.50 bits per heavy atom. The van der Waals surface area contributed by atoms with Crippen LogP contribution in [0.3, 0.4) is 0 Å². The molecule has 3 heteroatoms. The molecule has 2 nitrogen and oxygen atoms in total. The van der Waals surface area contributed by atoms with Crippen molar-refractivity contribution in [3.63, 3.8) is 0 Å². The molecule has 2 rings (SSSR count). The summed E-state index contributed by atoms with van der Waals surface area (Å²) in [6.45, 7) is 8.07. The van der Waals surface area contributed by atoms with Gasteiger partial charge in [-0.25, -0.2) is 0 Å². The Morgan fingerprint density at radius 1 is 1.21 bits per heavy atom. The summed E-state index contributed by atoms with van der Waals surface area (Å²) in [7, 11) is 0. The summed E-state index contributed by atoms with van der Waals surface area (Å²) in [5.74, 6) is 0. The lowest BCUT2D eigenvalue weighted by Crippen LogP contribution is -1.83. The first-order valence-electron chi connectivity index (χ1n) is 4.79. The zero-order valence-corrected chi connectivity index (χ0v) is 9.74. The highest BCUT2D eigenvalue weighted by Crippen LogP contribution is 2.26. The third-order valence-electron chi connectivity index (χ3n) is 2.26. The standard InChI is InChI=1S/C9H9ClN2.C2H6/c1-5-6(2)8(10)3-9-7(5)4-11-12-9;1-2/h3-4H,1-2H3,(H,11,12);1-2H3. The number of halogens is 1. The van der Waals surface area contributed by atoms with Gasteiger partial charge in [-0.2, -0.15) is 5.10 Å². The molecule has 1 N–H and O–H groups in total. The van der Waals surface area contributed by atoms with Crippen LogP contribution >= 0.6 is 11.6 Å². The molecule has 0 atom stereocenters. The number of nitrogens with zero attached hydrogens (tertiary/aromatic N) is 1. The third kappa shape index (κ3) is 1.75. The van der Waals surface area contributed by atoms with E-state index in [9.17, 15) is 0 Å². The number of hydrogen-bond donors (Lipinski definition) is 1. The van der Waals surface area contributed by atoms with Gasteiger partial charge < -0.3 is 0 Å². The summed E-state index contributed by atoms with van der Waals surface area (Å²) < 4.78 is 0. The van der Waals surface area contributed by atoms with Crippen molar-refractivity contribution < 1.29 is 0 Å². The van der Waals surface area contributed by atoms with E-state index in [0.29, 0.717) is 0 Å². The van der Waals surface area contributed by atoms with E-state index in [-0.39, 0.29) is 0 Å². The number of nitrogens with one attached hydrogen (secondary N) is 1. The fraction of sp³-hybridized carbons (Fsp3) is 0.364. The van der Waals surface area contributed by atoms with E-state index in [1.165, 1.54) is 5.56 Å². The number of benzene rings is 1. The predicted molar refractivity (Wildman–Crippen MR) is 61.9 cm³/mol. The lowest BCUT2D eigenvalue weighted by molar-refractivity contribution is 1.12. The second-order valence-corrected chi connectivity index (χ2v) is 3.35. The molecule has 0 amide bonds. The maximum absolute atomic E-state index is 6.00. The van der Waals surface area contributed by atoms with Gasteiger partial charge in [0.25, 0.3) is 0 Å². The Hall–Kier alpha value is -1.02. The number of H-pyrrole nitrogens is 1. The fourth-order valence-corrected chi connectivity index (χ4v) is 1.57. The van der Waals surface area contributed by atoms with Crippen molar-refractivity contribution in [1.29, 1.82) is 0 Å². The average molecular weight is 211 g/mol. The van der Waals surface area contributed by atoms with E-state index >= 15 is 0 Å². The number of aromatic amines is 1. The minimum absolute atomic E-state index is 0.796. The van der Waals surface area contributed by atoms with Crippen LogP contribution in [0.4, 0.5) is 0 Å². The molecule has 0 spiro atoms. The van der Waals surface area contributed by atoms with Crippen LogP contribution < -0.4 is 0 Å². The van der Waals surface area contributed by atoms with Crippen molar-refractivity contribution in [2.75, 3.05) is 0 Å².